The fourth-order valence-corrected chi connectivity index (χ4v) is 0.787. The Hall–Kier alpha value is -1.63. The van der Waals surface area contributed by atoms with Gasteiger partial charge in [-0.1, -0.05) is 0 Å². The number of rotatable bonds is 2. The standard InChI is InChI=1S/C9H9FN2O/c1-9(2,10)13-8-4-3-7(5-11)12-6-8/h3-4,6H,1-2H3. The van der Waals surface area contributed by atoms with Crippen LogP contribution in [0.1, 0.15) is 19.5 Å². The second-order valence-corrected chi connectivity index (χ2v) is 2.96. The van der Waals surface area contributed by atoms with Crippen LogP contribution < -0.4 is 4.74 Å². The van der Waals surface area contributed by atoms with E-state index in [1.807, 2.05) is 6.07 Å². The highest BCUT2D eigenvalue weighted by atomic mass is 19.2. The smallest absolute Gasteiger partial charge is 0.242 e. The lowest BCUT2D eigenvalue weighted by Crippen LogP contribution is -2.21. The lowest BCUT2D eigenvalue weighted by atomic mass is 10.3. The minimum Gasteiger partial charge on any atom is -0.457 e. The van der Waals surface area contributed by atoms with E-state index in [0.29, 0.717) is 5.75 Å². The van der Waals surface area contributed by atoms with Gasteiger partial charge in [0.15, 0.2) is 0 Å². The summed E-state index contributed by atoms with van der Waals surface area (Å²) >= 11 is 0. The number of hydrogen-bond acceptors (Lipinski definition) is 3. The third-order valence-corrected chi connectivity index (χ3v) is 1.21. The summed E-state index contributed by atoms with van der Waals surface area (Å²) < 4.78 is 17.8. The molecule has 68 valence electrons. The average molecular weight is 180 g/mol. The van der Waals surface area contributed by atoms with Crippen molar-refractivity contribution in [3.8, 4) is 11.8 Å². The quantitative estimate of drug-likeness (QED) is 0.699. The molecule has 1 heterocycles. The Labute approximate surface area is 75.8 Å². The van der Waals surface area contributed by atoms with E-state index in [1.54, 1.807) is 0 Å². The van der Waals surface area contributed by atoms with Gasteiger partial charge in [0.05, 0.1) is 6.20 Å². The monoisotopic (exact) mass is 180 g/mol. The average Bonchev–Trinajstić information content (AvgIpc) is 2.03. The van der Waals surface area contributed by atoms with E-state index < -0.39 is 5.85 Å². The molecule has 3 nitrogen and oxygen atoms in total. The van der Waals surface area contributed by atoms with Crippen LogP contribution in [0.3, 0.4) is 0 Å². The summed E-state index contributed by atoms with van der Waals surface area (Å²) in [4.78, 5) is 3.73. The maximum atomic E-state index is 12.9. The van der Waals surface area contributed by atoms with Crippen LogP contribution in [0.2, 0.25) is 0 Å². The van der Waals surface area contributed by atoms with Gasteiger partial charge in [-0.25, -0.2) is 4.98 Å². The van der Waals surface area contributed by atoms with Crippen molar-refractivity contribution in [3.63, 3.8) is 0 Å². The summed E-state index contributed by atoms with van der Waals surface area (Å²) in [5.41, 5.74) is 0.281. The van der Waals surface area contributed by atoms with Gasteiger partial charge in [0.2, 0.25) is 5.85 Å². The highest BCUT2D eigenvalue weighted by Crippen LogP contribution is 2.17. The van der Waals surface area contributed by atoms with Gasteiger partial charge in [0, 0.05) is 13.8 Å². The molecule has 1 rings (SSSR count). The van der Waals surface area contributed by atoms with Crippen molar-refractivity contribution in [2.75, 3.05) is 0 Å². The number of alkyl halides is 1. The van der Waals surface area contributed by atoms with Crippen molar-refractivity contribution >= 4 is 0 Å². The molecular weight excluding hydrogens is 171 g/mol. The molecule has 0 saturated heterocycles. The molecule has 0 aromatic carbocycles. The molecule has 0 radical (unpaired) electrons. The molecule has 0 aliphatic heterocycles. The van der Waals surface area contributed by atoms with Gasteiger partial charge < -0.3 is 4.74 Å². The van der Waals surface area contributed by atoms with Crippen LogP contribution in [-0.4, -0.2) is 10.8 Å². The molecule has 0 fully saturated rings. The molecule has 0 spiro atoms. The molecule has 0 aliphatic rings. The van der Waals surface area contributed by atoms with Gasteiger partial charge in [0.25, 0.3) is 0 Å². The summed E-state index contributed by atoms with van der Waals surface area (Å²) in [6.07, 6.45) is 1.32. The lowest BCUT2D eigenvalue weighted by Gasteiger charge is -2.16. The number of aromatic nitrogens is 1. The van der Waals surface area contributed by atoms with Gasteiger partial charge in [-0.15, -0.1) is 0 Å². The van der Waals surface area contributed by atoms with Crippen LogP contribution in [0.25, 0.3) is 0 Å². The van der Waals surface area contributed by atoms with Crippen LogP contribution >= 0.6 is 0 Å². The zero-order valence-corrected chi connectivity index (χ0v) is 7.41. The summed E-state index contributed by atoms with van der Waals surface area (Å²) in [6.45, 7) is 2.59. The molecule has 0 aliphatic carbocycles. The van der Waals surface area contributed by atoms with Gasteiger partial charge >= 0.3 is 0 Å². The van der Waals surface area contributed by atoms with Crippen LogP contribution in [0, 0.1) is 11.3 Å². The van der Waals surface area contributed by atoms with Crippen molar-refractivity contribution in [2.24, 2.45) is 0 Å². The molecule has 1 aromatic rings. The van der Waals surface area contributed by atoms with Crippen LogP contribution in [0.15, 0.2) is 18.3 Å². The van der Waals surface area contributed by atoms with Crippen molar-refractivity contribution in [2.45, 2.75) is 19.7 Å². The molecule has 13 heavy (non-hydrogen) atoms. The van der Waals surface area contributed by atoms with E-state index in [9.17, 15) is 4.39 Å². The zero-order chi connectivity index (χ0) is 9.90. The van der Waals surface area contributed by atoms with E-state index in [1.165, 1.54) is 32.2 Å². The Morgan fingerprint density at radius 2 is 2.23 bits per heavy atom. The molecule has 0 bridgehead atoms. The first-order chi connectivity index (χ1) is 6.01. The summed E-state index contributed by atoms with van der Waals surface area (Å²) in [6, 6.07) is 4.84. The number of ether oxygens (including phenoxy) is 1. The number of nitriles is 1. The highest BCUT2D eigenvalue weighted by Gasteiger charge is 2.16. The van der Waals surface area contributed by atoms with Gasteiger partial charge in [-0.3, -0.25) is 0 Å². The van der Waals surface area contributed by atoms with Gasteiger partial charge in [-0.2, -0.15) is 9.65 Å². The maximum Gasteiger partial charge on any atom is 0.242 e. The predicted molar refractivity (Wildman–Crippen MR) is 44.8 cm³/mol. The molecule has 4 heteroatoms. The van der Waals surface area contributed by atoms with Crippen molar-refractivity contribution in [3.05, 3.63) is 24.0 Å². The van der Waals surface area contributed by atoms with E-state index in [2.05, 4.69) is 4.98 Å². The van der Waals surface area contributed by atoms with E-state index in [-0.39, 0.29) is 5.69 Å². The molecule has 0 unspecified atom stereocenters. The minimum absolute atomic E-state index is 0.281. The Morgan fingerprint density at radius 1 is 1.54 bits per heavy atom. The van der Waals surface area contributed by atoms with Gasteiger partial charge in [0.1, 0.15) is 17.5 Å². The Bertz CT molecular complexity index is 321. The molecule has 1 aromatic heterocycles. The molecule has 0 saturated carbocycles. The maximum absolute atomic E-state index is 12.9. The summed E-state index contributed by atoms with van der Waals surface area (Å²) in [7, 11) is 0. The third kappa shape index (κ3) is 3.08. The Balaban J connectivity index is 2.77. The summed E-state index contributed by atoms with van der Waals surface area (Å²) in [5.74, 6) is -1.41. The van der Waals surface area contributed by atoms with E-state index in [0.717, 1.165) is 0 Å². The zero-order valence-electron chi connectivity index (χ0n) is 7.41. The first-order valence-corrected chi connectivity index (χ1v) is 3.75. The second kappa shape index (κ2) is 3.40. The van der Waals surface area contributed by atoms with E-state index in [4.69, 9.17) is 10.00 Å². The SMILES string of the molecule is CC(C)(F)Oc1ccc(C#N)nc1. The van der Waals surface area contributed by atoms with Crippen LogP contribution in [0.4, 0.5) is 4.39 Å². The predicted octanol–water partition coefficient (Wildman–Crippen LogP) is 2.04. The van der Waals surface area contributed by atoms with Crippen LogP contribution in [-0.2, 0) is 0 Å². The normalized spacial score (nSPS) is 10.6. The molecule has 0 atom stereocenters. The summed E-state index contributed by atoms with van der Waals surface area (Å²) in [5, 5.41) is 8.43. The van der Waals surface area contributed by atoms with Crippen molar-refractivity contribution in [1.82, 2.24) is 4.98 Å². The first kappa shape index (κ1) is 9.46. The van der Waals surface area contributed by atoms with Crippen molar-refractivity contribution < 1.29 is 9.13 Å². The second-order valence-electron chi connectivity index (χ2n) is 2.96. The Morgan fingerprint density at radius 3 is 2.62 bits per heavy atom. The minimum atomic E-state index is -1.73. The first-order valence-electron chi connectivity index (χ1n) is 3.75. The number of pyridine rings is 1. The highest BCUT2D eigenvalue weighted by molar-refractivity contribution is 5.26. The fraction of sp³-hybridized carbons (Fsp3) is 0.333. The number of halogens is 1. The number of nitrogens with zero attached hydrogens (tertiary/aromatic N) is 2. The van der Waals surface area contributed by atoms with E-state index >= 15 is 0 Å². The number of hydrogen-bond donors (Lipinski definition) is 0. The topological polar surface area (TPSA) is 45.9 Å². The fourth-order valence-electron chi connectivity index (χ4n) is 0.787. The molecule has 0 amide bonds. The lowest BCUT2D eigenvalue weighted by molar-refractivity contribution is -0.0259. The Kier molecular flexibility index (Phi) is 2.47. The van der Waals surface area contributed by atoms with Crippen LogP contribution in [0.5, 0.6) is 5.75 Å². The largest absolute Gasteiger partial charge is 0.457 e. The molecule has 0 N–H and O–H groups in total. The third-order valence-electron chi connectivity index (χ3n) is 1.21. The van der Waals surface area contributed by atoms with Gasteiger partial charge in [-0.05, 0) is 12.1 Å². The van der Waals surface area contributed by atoms with Crippen molar-refractivity contribution in [1.29, 1.82) is 5.26 Å². The molecular formula is C9H9FN2O.